The highest BCUT2D eigenvalue weighted by Gasteiger charge is 2.10. The molecule has 0 atom stereocenters. The van der Waals surface area contributed by atoms with Crippen molar-refractivity contribution in [3.05, 3.63) is 54.0 Å². The van der Waals surface area contributed by atoms with Crippen molar-refractivity contribution in [3.63, 3.8) is 0 Å². The van der Waals surface area contributed by atoms with Crippen LogP contribution < -0.4 is 10.6 Å². The van der Waals surface area contributed by atoms with Crippen LogP contribution in [0, 0.1) is 0 Å². The number of rotatable bonds is 8. The SMILES string of the molecule is CN(C)C(=O)c1ccc(NC(=O)CSc2nnc(NCc3ccco3)s2)cc1. The summed E-state index contributed by atoms with van der Waals surface area (Å²) in [5.74, 6) is 0.783. The van der Waals surface area contributed by atoms with Crippen molar-refractivity contribution in [2.75, 3.05) is 30.5 Å². The number of thioether (sulfide) groups is 1. The normalized spacial score (nSPS) is 10.5. The summed E-state index contributed by atoms with van der Waals surface area (Å²) in [6, 6.07) is 10.5. The van der Waals surface area contributed by atoms with Crippen molar-refractivity contribution in [2.45, 2.75) is 10.9 Å². The molecule has 146 valence electrons. The molecular formula is C18H19N5O3S2. The maximum atomic E-state index is 12.1. The number of hydrogen-bond acceptors (Lipinski definition) is 8. The molecule has 0 spiro atoms. The number of carbonyl (C=O) groups is 2. The third kappa shape index (κ3) is 5.57. The maximum absolute atomic E-state index is 12.1. The Balaban J connectivity index is 1.44. The molecule has 28 heavy (non-hydrogen) atoms. The smallest absolute Gasteiger partial charge is 0.253 e. The number of nitrogens with one attached hydrogen (secondary N) is 2. The number of nitrogens with zero attached hydrogens (tertiary/aromatic N) is 3. The van der Waals surface area contributed by atoms with Gasteiger partial charge >= 0.3 is 0 Å². The highest BCUT2D eigenvalue weighted by atomic mass is 32.2. The standard InChI is InChI=1S/C18H19N5O3S2/c1-23(2)16(25)12-5-7-13(8-6-12)20-15(24)11-27-18-22-21-17(28-18)19-10-14-4-3-9-26-14/h3-9H,10-11H2,1-2H3,(H,19,21)(H,20,24). The first-order chi connectivity index (χ1) is 13.5. The first-order valence-corrected chi connectivity index (χ1v) is 10.2. The molecule has 2 N–H and O–H groups in total. The third-order valence-electron chi connectivity index (χ3n) is 3.55. The highest BCUT2D eigenvalue weighted by Crippen LogP contribution is 2.26. The number of anilines is 2. The quantitative estimate of drug-likeness (QED) is 0.543. The summed E-state index contributed by atoms with van der Waals surface area (Å²) < 4.78 is 5.94. The molecule has 0 saturated heterocycles. The minimum atomic E-state index is -0.156. The number of amides is 2. The molecule has 0 bridgehead atoms. The highest BCUT2D eigenvalue weighted by molar-refractivity contribution is 8.01. The Bertz CT molecular complexity index is 923. The van der Waals surface area contributed by atoms with Crippen LogP contribution >= 0.6 is 23.1 Å². The van der Waals surface area contributed by atoms with Crippen LogP contribution in [0.15, 0.2) is 51.4 Å². The van der Waals surface area contributed by atoms with Gasteiger partial charge in [0.2, 0.25) is 11.0 Å². The lowest BCUT2D eigenvalue weighted by Gasteiger charge is -2.10. The Morgan fingerprint density at radius 1 is 1.18 bits per heavy atom. The monoisotopic (exact) mass is 417 g/mol. The summed E-state index contributed by atoms with van der Waals surface area (Å²) in [6.45, 7) is 0.527. The fourth-order valence-electron chi connectivity index (χ4n) is 2.19. The number of aromatic nitrogens is 2. The Morgan fingerprint density at radius 2 is 1.96 bits per heavy atom. The Hall–Kier alpha value is -2.85. The van der Waals surface area contributed by atoms with E-state index in [-0.39, 0.29) is 17.6 Å². The molecule has 2 aromatic heterocycles. The van der Waals surface area contributed by atoms with Gasteiger partial charge in [-0.1, -0.05) is 23.1 Å². The van der Waals surface area contributed by atoms with Gasteiger partial charge in [-0.05, 0) is 36.4 Å². The number of carbonyl (C=O) groups excluding carboxylic acids is 2. The van der Waals surface area contributed by atoms with Crippen LogP contribution in [0.2, 0.25) is 0 Å². The second-order valence-electron chi connectivity index (χ2n) is 5.92. The van der Waals surface area contributed by atoms with E-state index in [0.29, 0.717) is 27.3 Å². The van der Waals surface area contributed by atoms with E-state index in [4.69, 9.17) is 4.42 Å². The summed E-state index contributed by atoms with van der Waals surface area (Å²) in [5, 5.41) is 14.7. The van der Waals surface area contributed by atoms with Crippen molar-refractivity contribution in [2.24, 2.45) is 0 Å². The molecule has 0 aliphatic rings. The van der Waals surface area contributed by atoms with Crippen LogP contribution in [0.5, 0.6) is 0 Å². The van der Waals surface area contributed by atoms with Crippen LogP contribution in [-0.4, -0.2) is 46.8 Å². The molecule has 1 aromatic carbocycles. The van der Waals surface area contributed by atoms with Crippen LogP contribution in [0.3, 0.4) is 0 Å². The van der Waals surface area contributed by atoms with Gasteiger partial charge in [0.05, 0.1) is 18.6 Å². The first kappa shape index (κ1) is 19.9. The van der Waals surface area contributed by atoms with Crippen LogP contribution in [0.1, 0.15) is 16.1 Å². The summed E-state index contributed by atoms with van der Waals surface area (Å²) in [4.78, 5) is 25.5. The van der Waals surface area contributed by atoms with E-state index in [1.165, 1.54) is 28.0 Å². The molecule has 10 heteroatoms. The molecule has 0 aliphatic carbocycles. The summed E-state index contributed by atoms with van der Waals surface area (Å²) in [7, 11) is 3.39. The van der Waals surface area contributed by atoms with E-state index in [1.54, 1.807) is 44.6 Å². The molecule has 8 nitrogen and oxygen atoms in total. The van der Waals surface area contributed by atoms with E-state index >= 15 is 0 Å². The van der Waals surface area contributed by atoms with Gasteiger partial charge in [-0.15, -0.1) is 10.2 Å². The Labute approximate surface area is 170 Å². The molecule has 2 amide bonds. The predicted molar refractivity (Wildman–Crippen MR) is 110 cm³/mol. The number of furan rings is 1. The van der Waals surface area contributed by atoms with E-state index in [0.717, 1.165) is 5.76 Å². The minimum absolute atomic E-state index is 0.0823. The molecule has 0 fully saturated rings. The van der Waals surface area contributed by atoms with Crippen LogP contribution in [0.25, 0.3) is 0 Å². The zero-order valence-corrected chi connectivity index (χ0v) is 17.0. The second-order valence-corrected chi connectivity index (χ2v) is 8.12. The number of hydrogen-bond donors (Lipinski definition) is 2. The van der Waals surface area contributed by atoms with Gasteiger partial charge in [-0.3, -0.25) is 9.59 Å². The van der Waals surface area contributed by atoms with Gasteiger partial charge in [-0.2, -0.15) is 0 Å². The minimum Gasteiger partial charge on any atom is -0.467 e. The topological polar surface area (TPSA) is 100 Å². The zero-order chi connectivity index (χ0) is 19.9. The lowest BCUT2D eigenvalue weighted by atomic mass is 10.2. The van der Waals surface area contributed by atoms with Crippen molar-refractivity contribution in [3.8, 4) is 0 Å². The molecule has 0 aliphatic heterocycles. The Morgan fingerprint density at radius 3 is 2.64 bits per heavy atom. The largest absolute Gasteiger partial charge is 0.467 e. The number of benzene rings is 1. The zero-order valence-electron chi connectivity index (χ0n) is 15.3. The van der Waals surface area contributed by atoms with Gasteiger partial charge in [0.1, 0.15) is 5.76 Å². The third-order valence-corrected chi connectivity index (χ3v) is 5.56. The van der Waals surface area contributed by atoms with Crippen LogP contribution in [0.4, 0.5) is 10.8 Å². The molecule has 3 rings (SSSR count). The van der Waals surface area contributed by atoms with Crippen molar-refractivity contribution in [1.29, 1.82) is 0 Å². The molecule has 0 saturated carbocycles. The first-order valence-electron chi connectivity index (χ1n) is 8.35. The second kappa shape index (κ2) is 9.38. The average molecular weight is 418 g/mol. The van der Waals surface area contributed by atoms with Gasteiger partial charge < -0.3 is 20.0 Å². The van der Waals surface area contributed by atoms with Gasteiger partial charge in [0.25, 0.3) is 5.91 Å². The lowest BCUT2D eigenvalue weighted by Crippen LogP contribution is -2.21. The summed E-state index contributed by atoms with van der Waals surface area (Å²) >= 11 is 2.69. The van der Waals surface area contributed by atoms with E-state index < -0.39 is 0 Å². The molecular weight excluding hydrogens is 398 g/mol. The molecule has 2 heterocycles. The molecule has 0 radical (unpaired) electrons. The van der Waals surface area contributed by atoms with E-state index in [1.807, 2.05) is 12.1 Å². The summed E-state index contributed by atoms with van der Waals surface area (Å²) in [6.07, 6.45) is 1.62. The van der Waals surface area contributed by atoms with Crippen molar-refractivity contribution >= 4 is 45.7 Å². The van der Waals surface area contributed by atoms with Crippen molar-refractivity contribution < 1.29 is 14.0 Å². The summed E-state index contributed by atoms with van der Waals surface area (Å²) in [5.41, 5.74) is 1.21. The van der Waals surface area contributed by atoms with E-state index in [9.17, 15) is 9.59 Å². The van der Waals surface area contributed by atoms with Gasteiger partial charge in [0, 0.05) is 25.3 Å². The predicted octanol–water partition coefficient (Wildman–Crippen LogP) is 3.18. The Kier molecular flexibility index (Phi) is 6.66. The molecule has 3 aromatic rings. The van der Waals surface area contributed by atoms with Gasteiger partial charge in [-0.25, -0.2) is 0 Å². The van der Waals surface area contributed by atoms with Gasteiger partial charge in [0.15, 0.2) is 4.34 Å². The van der Waals surface area contributed by atoms with Crippen molar-refractivity contribution in [1.82, 2.24) is 15.1 Å². The fourth-order valence-corrected chi connectivity index (χ4v) is 3.74. The van der Waals surface area contributed by atoms with Crippen LogP contribution in [-0.2, 0) is 11.3 Å². The maximum Gasteiger partial charge on any atom is 0.253 e. The fraction of sp³-hybridized carbons (Fsp3) is 0.222. The average Bonchev–Trinajstić information content (AvgIpc) is 3.36. The van der Waals surface area contributed by atoms with E-state index in [2.05, 4.69) is 20.8 Å². The lowest BCUT2D eigenvalue weighted by molar-refractivity contribution is -0.113. The molecule has 0 unspecified atom stereocenters.